The monoisotopic (exact) mass is 372 g/mol. The van der Waals surface area contributed by atoms with E-state index >= 15 is 0 Å². The van der Waals surface area contributed by atoms with Gasteiger partial charge >= 0.3 is 5.97 Å². The molecular formula is C19H20N2O4S. The zero-order chi connectivity index (χ0) is 18.7. The van der Waals surface area contributed by atoms with Gasteiger partial charge in [0, 0.05) is 37.2 Å². The molecule has 2 amide bonds. The van der Waals surface area contributed by atoms with E-state index in [0.29, 0.717) is 29.8 Å². The number of carbonyl (C=O) groups excluding carboxylic acids is 3. The first-order chi connectivity index (χ1) is 12.5. The van der Waals surface area contributed by atoms with Crippen molar-refractivity contribution in [1.82, 2.24) is 10.2 Å². The van der Waals surface area contributed by atoms with Crippen LogP contribution in [0.4, 0.5) is 0 Å². The highest BCUT2D eigenvalue weighted by atomic mass is 32.1. The summed E-state index contributed by atoms with van der Waals surface area (Å²) in [4.78, 5) is 38.0. The van der Waals surface area contributed by atoms with Crippen molar-refractivity contribution >= 4 is 29.1 Å². The summed E-state index contributed by atoms with van der Waals surface area (Å²) in [6.07, 6.45) is 1.11. The predicted octanol–water partition coefficient (Wildman–Crippen LogP) is 2.55. The van der Waals surface area contributed by atoms with Crippen LogP contribution in [0.25, 0.3) is 11.1 Å². The Balaban J connectivity index is 1.70. The van der Waals surface area contributed by atoms with Gasteiger partial charge in [-0.25, -0.2) is 4.79 Å². The maximum Gasteiger partial charge on any atom is 0.348 e. The average molecular weight is 372 g/mol. The second-order valence-corrected chi connectivity index (χ2v) is 7.13. The lowest BCUT2D eigenvalue weighted by atomic mass is 10.0. The molecule has 0 unspecified atom stereocenters. The summed E-state index contributed by atoms with van der Waals surface area (Å²) in [5.41, 5.74) is 2.19. The summed E-state index contributed by atoms with van der Waals surface area (Å²) in [7, 11) is 3.10. The number of rotatable bonds is 4. The number of benzene rings is 1. The fraction of sp³-hybridized carbons (Fsp3) is 0.316. The number of amides is 2. The Morgan fingerprint density at radius 3 is 2.62 bits per heavy atom. The van der Waals surface area contributed by atoms with Gasteiger partial charge in [0.05, 0.1) is 7.11 Å². The standard InChI is InChI=1S/C19H20N2O4S/c1-21-11-14(7-8-16(21)22)20-18(23)13-5-3-12(4-6-13)15-9-10-26-17(15)19(24)25-2/h3-6,9-10,14H,7-8,11H2,1-2H3,(H,20,23)/t14-/m0/s1. The number of ether oxygens (including phenoxy) is 1. The molecule has 2 aromatic rings. The summed E-state index contributed by atoms with van der Waals surface area (Å²) >= 11 is 1.33. The summed E-state index contributed by atoms with van der Waals surface area (Å²) in [5, 5.41) is 4.81. The summed E-state index contributed by atoms with van der Waals surface area (Å²) < 4.78 is 4.80. The van der Waals surface area contributed by atoms with Gasteiger partial charge in [-0.3, -0.25) is 9.59 Å². The maximum atomic E-state index is 12.4. The minimum Gasteiger partial charge on any atom is -0.465 e. The van der Waals surface area contributed by atoms with E-state index in [1.54, 1.807) is 24.1 Å². The number of likely N-dealkylation sites (tertiary alicyclic amines) is 1. The first kappa shape index (κ1) is 18.1. The second kappa shape index (κ2) is 7.70. The molecule has 0 radical (unpaired) electrons. The largest absolute Gasteiger partial charge is 0.465 e. The molecule has 1 fully saturated rings. The van der Waals surface area contributed by atoms with Crippen LogP contribution in [0.2, 0.25) is 0 Å². The molecule has 3 rings (SSSR count). The molecule has 1 aliphatic rings. The van der Waals surface area contributed by atoms with Gasteiger partial charge in [-0.1, -0.05) is 12.1 Å². The molecule has 1 aromatic heterocycles. The lowest BCUT2D eigenvalue weighted by molar-refractivity contribution is -0.132. The molecule has 0 spiro atoms. The fourth-order valence-electron chi connectivity index (χ4n) is 2.99. The van der Waals surface area contributed by atoms with Crippen LogP contribution in [0.1, 0.15) is 32.9 Å². The number of thiophene rings is 1. The van der Waals surface area contributed by atoms with Crippen molar-refractivity contribution in [3.63, 3.8) is 0 Å². The average Bonchev–Trinajstić information content (AvgIpc) is 3.14. The van der Waals surface area contributed by atoms with Crippen LogP contribution in [0.15, 0.2) is 35.7 Å². The van der Waals surface area contributed by atoms with Crippen LogP contribution in [-0.2, 0) is 9.53 Å². The number of likely N-dealkylation sites (N-methyl/N-ethyl adjacent to an activating group) is 1. The van der Waals surface area contributed by atoms with Crippen LogP contribution in [-0.4, -0.2) is 49.4 Å². The van der Waals surface area contributed by atoms with Gasteiger partial charge in [0.2, 0.25) is 5.91 Å². The number of esters is 1. The van der Waals surface area contributed by atoms with Gasteiger partial charge in [-0.15, -0.1) is 11.3 Å². The van der Waals surface area contributed by atoms with Crippen molar-refractivity contribution in [2.75, 3.05) is 20.7 Å². The Kier molecular flexibility index (Phi) is 5.37. The zero-order valence-electron chi connectivity index (χ0n) is 14.7. The van der Waals surface area contributed by atoms with Gasteiger partial charge in [-0.05, 0) is 35.6 Å². The van der Waals surface area contributed by atoms with Gasteiger partial charge in [0.1, 0.15) is 4.88 Å². The van der Waals surface area contributed by atoms with Crippen LogP contribution >= 0.6 is 11.3 Å². The van der Waals surface area contributed by atoms with Gasteiger partial charge in [-0.2, -0.15) is 0 Å². The Morgan fingerprint density at radius 1 is 1.23 bits per heavy atom. The molecule has 0 saturated carbocycles. The van der Waals surface area contributed by atoms with Crippen LogP contribution in [0.5, 0.6) is 0 Å². The van der Waals surface area contributed by atoms with E-state index in [-0.39, 0.29) is 23.8 Å². The van der Waals surface area contributed by atoms with E-state index in [9.17, 15) is 14.4 Å². The molecule has 1 atom stereocenters. The Labute approximate surface area is 155 Å². The van der Waals surface area contributed by atoms with Crippen molar-refractivity contribution in [2.24, 2.45) is 0 Å². The third-order valence-electron chi connectivity index (χ3n) is 4.46. The van der Waals surface area contributed by atoms with Gasteiger partial charge in [0.25, 0.3) is 5.91 Å². The molecule has 2 heterocycles. The van der Waals surface area contributed by atoms with Crippen molar-refractivity contribution in [1.29, 1.82) is 0 Å². The lowest BCUT2D eigenvalue weighted by Gasteiger charge is -2.30. The molecule has 6 nitrogen and oxygen atoms in total. The van der Waals surface area contributed by atoms with Crippen molar-refractivity contribution in [3.8, 4) is 11.1 Å². The minimum absolute atomic E-state index is 0.0346. The first-order valence-electron chi connectivity index (χ1n) is 8.30. The second-order valence-electron chi connectivity index (χ2n) is 6.22. The number of piperidine rings is 1. The van der Waals surface area contributed by atoms with Crippen molar-refractivity contribution < 1.29 is 19.1 Å². The summed E-state index contributed by atoms with van der Waals surface area (Å²) in [6.45, 7) is 0.528. The molecule has 136 valence electrons. The van der Waals surface area contributed by atoms with E-state index in [1.807, 2.05) is 23.6 Å². The third kappa shape index (κ3) is 3.77. The zero-order valence-corrected chi connectivity index (χ0v) is 15.5. The summed E-state index contributed by atoms with van der Waals surface area (Å²) in [6, 6.07) is 8.94. The molecule has 1 N–H and O–H groups in total. The third-order valence-corrected chi connectivity index (χ3v) is 5.35. The fourth-order valence-corrected chi connectivity index (χ4v) is 3.82. The quantitative estimate of drug-likeness (QED) is 0.837. The molecule has 1 aliphatic heterocycles. The highest BCUT2D eigenvalue weighted by molar-refractivity contribution is 7.12. The molecule has 26 heavy (non-hydrogen) atoms. The van der Waals surface area contributed by atoms with E-state index < -0.39 is 0 Å². The molecule has 0 aliphatic carbocycles. The van der Waals surface area contributed by atoms with Gasteiger partial charge < -0.3 is 15.0 Å². The SMILES string of the molecule is COC(=O)c1sccc1-c1ccc(C(=O)N[C@H]2CCC(=O)N(C)C2)cc1. The number of nitrogens with zero attached hydrogens (tertiary/aromatic N) is 1. The van der Waals surface area contributed by atoms with Gasteiger partial charge in [0.15, 0.2) is 0 Å². The lowest BCUT2D eigenvalue weighted by Crippen LogP contribution is -2.48. The van der Waals surface area contributed by atoms with E-state index in [0.717, 1.165) is 11.1 Å². The Morgan fingerprint density at radius 2 is 1.96 bits per heavy atom. The normalized spacial score (nSPS) is 17.1. The predicted molar refractivity (Wildman–Crippen MR) is 99.2 cm³/mol. The molecule has 7 heteroatoms. The van der Waals surface area contributed by atoms with Crippen LogP contribution in [0, 0.1) is 0 Å². The number of methoxy groups -OCH3 is 1. The van der Waals surface area contributed by atoms with Crippen LogP contribution in [0.3, 0.4) is 0 Å². The molecule has 1 saturated heterocycles. The smallest absolute Gasteiger partial charge is 0.348 e. The topological polar surface area (TPSA) is 75.7 Å². The number of carbonyl (C=O) groups is 3. The van der Waals surface area contributed by atoms with E-state index in [2.05, 4.69) is 5.32 Å². The Bertz CT molecular complexity index is 828. The highest BCUT2D eigenvalue weighted by Crippen LogP contribution is 2.29. The number of hydrogen-bond donors (Lipinski definition) is 1. The number of nitrogens with one attached hydrogen (secondary N) is 1. The summed E-state index contributed by atoms with van der Waals surface area (Å²) in [5.74, 6) is -0.424. The maximum absolute atomic E-state index is 12.4. The first-order valence-corrected chi connectivity index (χ1v) is 9.18. The molecule has 1 aromatic carbocycles. The highest BCUT2D eigenvalue weighted by Gasteiger charge is 2.24. The van der Waals surface area contributed by atoms with Crippen LogP contribution < -0.4 is 5.32 Å². The van der Waals surface area contributed by atoms with Crippen molar-refractivity contribution in [3.05, 3.63) is 46.2 Å². The molecular weight excluding hydrogens is 352 g/mol. The number of hydrogen-bond acceptors (Lipinski definition) is 5. The Hall–Kier alpha value is -2.67. The molecule has 0 bridgehead atoms. The van der Waals surface area contributed by atoms with E-state index in [1.165, 1.54) is 18.4 Å². The van der Waals surface area contributed by atoms with E-state index in [4.69, 9.17) is 4.74 Å². The van der Waals surface area contributed by atoms with Crippen molar-refractivity contribution in [2.45, 2.75) is 18.9 Å². The minimum atomic E-state index is -0.368.